The van der Waals surface area contributed by atoms with Crippen LogP contribution >= 0.6 is 0 Å². The SMILES string of the molecule is CCNc1nc(=O)oc2ccccc12. The molecule has 14 heavy (non-hydrogen) atoms. The summed E-state index contributed by atoms with van der Waals surface area (Å²) in [5.41, 5.74) is 0.559. The molecule has 1 N–H and O–H groups in total. The molecule has 0 fully saturated rings. The summed E-state index contributed by atoms with van der Waals surface area (Å²) in [6.45, 7) is 2.67. The molecule has 0 amide bonds. The molecule has 0 saturated heterocycles. The number of nitrogens with one attached hydrogen (secondary N) is 1. The van der Waals surface area contributed by atoms with Gasteiger partial charge in [0.15, 0.2) is 0 Å². The second kappa shape index (κ2) is 3.49. The molecule has 0 radical (unpaired) electrons. The van der Waals surface area contributed by atoms with Gasteiger partial charge in [-0.25, -0.2) is 4.79 Å². The van der Waals surface area contributed by atoms with Crippen molar-refractivity contribution in [3.8, 4) is 0 Å². The Morgan fingerprint density at radius 2 is 2.21 bits per heavy atom. The molecular formula is C10H10N2O2. The number of benzene rings is 1. The second-order valence-corrected chi connectivity index (χ2v) is 2.85. The van der Waals surface area contributed by atoms with Crippen LogP contribution in [0.3, 0.4) is 0 Å². The van der Waals surface area contributed by atoms with Crippen molar-refractivity contribution < 1.29 is 4.42 Å². The molecule has 1 aromatic heterocycles. The maximum Gasteiger partial charge on any atom is 0.441 e. The first kappa shape index (κ1) is 8.74. The van der Waals surface area contributed by atoms with Gasteiger partial charge in [0, 0.05) is 6.54 Å². The average molecular weight is 190 g/mol. The van der Waals surface area contributed by atoms with E-state index in [0.29, 0.717) is 11.4 Å². The van der Waals surface area contributed by atoms with Gasteiger partial charge in [0.1, 0.15) is 11.4 Å². The highest BCUT2D eigenvalue weighted by molar-refractivity contribution is 5.87. The van der Waals surface area contributed by atoms with E-state index in [2.05, 4.69) is 10.3 Å². The Kier molecular flexibility index (Phi) is 2.18. The summed E-state index contributed by atoms with van der Waals surface area (Å²) in [6.07, 6.45) is 0. The van der Waals surface area contributed by atoms with E-state index >= 15 is 0 Å². The number of fused-ring (bicyclic) bond motifs is 1. The van der Waals surface area contributed by atoms with Crippen LogP contribution in [0.2, 0.25) is 0 Å². The van der Waals surface area contributed by atoms with Crippen molar-refractivity contribution in [1.29, 1.82) is 0 Å². The van der Waals surface area contributed by atoms with Gasteiger partial charge in [-0.1, -0.05) is 12.1 Å². The number of hydrogen-bond acceptors (Lipinski definition) is 4. The lowest BCUT2D eigenvalue weighted by Crippen LogP contribution is -2.09. The number of nitrogens with zero attached hydrogens (tertiary/aromatic N) is 1. The van der Waals surface area contributed by atoms with Crippen molar-refractivity contribution in [1.82, 2.24) is 4.98 Å². The maximum atomic E-state index is 11.1. The standard InChI is InChI=1S/C10H10N2O2/c1-2-11-9-7-5-3-4-6-8(7)14-10(13)12-9/h3-6H,2H2,1H3,(H,11,12,13). The minimum Gasteiger partial charge on any atom is -0.408 e. The fraction of sp³-hybridized carbons (Fsp3) is 0.200. The van der Waals surface area contributed by atoms with Crippen LogP contribution in [0.25, 0.3) is 11.0 Å². The van der Waals surface area contributed by atoms with Gasteiger partial charge < -0.3 is 9.73 Å². The van der Waals surface area contributed by atoms with Crippen molar-refractivity contribution >= 4 is 16.8 Å². The van der Waals surface area contributed by atoms with Gasteiger partial charge in [-0.05, 0) is 19.1 Å². The Morgan fingerprint density at radius 1 is 1.43 bits per heavy atom. The molecule has 0 aliphatic rings. The summed E-state index contributed by atoms with van der Waals surface area (Å²) in [5.74, 6) is 0.0130. The van der Waals surface area contributed by atoms with Crippen LogP contribution in [-0.2, 0) is 0 Å². The zero-order chi connectivity index (χ0) is 9.97. The van der Waals surface area contributed by atoms with Gasteiger partial charge in [-0.2, -0.15) is 4.98 Å². The molecule has 0 atom stereocenters. The molecular weight excluding hydrogens is 180 g/mol. The Morgan fingerprint density at radius 3 is 3.00 bits per heavy atom. The predicted molar refractivity (Wildman–Crippen MR) is 54.4 cm³/mol. The fourth-order valence-electron chi connectivity index (χ4n) is 1.32. The molecule has 2 aromatic rings. The summed E-state index contributed by atoms with van der Waals surface area (Å²) < 4.78 is 4.94. The van der Waals surface area contributed by atoms with E-state index in [0.717, 1.165) is 11.9 Å². The largest absolute Gasteiger partial charge is 0.441 e. The van der Waals surface area contributed by atoms with Crippen LogP contribution in [0.5, 0.6) is 0 Å². The van der Waals surface area contributed by atoms with E-state index < -0.39 is 5.76 Å². The highest BCUT2D eigenvalue weighted by atomic mass is 16.4. The lowest BCUT2D eigenvalue weighted by atomic mass is 10.2. The van der Waals surface area contributed by atoms with Gasteiger partial charge >= 0.3 is 5.76 Å². The van der Waals surface area contributed by atoms with Gasteiger partial charge in [0.25, 0.3) is 0 Å². The highest BCUT2D eigenvalue weighted by Gasteiger charge is 2.04. The minimum atomic E-state index is -0.570. The van der Waals surface area contributed by atoms with E-state index in [1.54, 1.807) is 6.07 Å². The van der Waals surface area contributed by atoms with Gasteiger partial charge in [0.05, 0.1) is 5.39 Å². The summed E-state index contributed by atoms with van der Waals surface area (Å²) in [7, 11) is 0. The van der Waals surface area contributed by atoms with Gasteiger partial charge in [0.2, 0.25) is 0 Å². The van der Waals surface area contributed by atoms with Crippen molar-refractivity contribution in [2.75, 3.05) is 11.9 Å². The molecule has 4 nitrogen and oxygen atoms in total. The predicted octanol–water partition coefficient (Wildman–Crippen LogP) is 1.62. The number of hydrogen-bond donors (Lipinski definition) is 1. The second-order valence-electron chi connectivity index (χ2n) is 2.85. The molecule has 0 aliphatic heterocycles. The van der Waals surface area contributed by atoms with Crippen molar-refractivity contribution in [2.45, 2.75) is 6.92 Å². The number of para-hydroxylation sites is 1. The lowest BCUT2D eigenvalue weighted by molar-refractivity contribution is 0.533. The summed E-state index contributed by atoms with van der Waals surface area (Å²) in [4.78, 5) is 14.8. The molecule has 1 heterocycles. The molecule has 4 heteroatoms. The third kappa shape index (κ3) is 1.46. The topological polar surface area (TPSA) is 55.1 Å². The molecule has 0 spiro atoms. The van der Waals surface area contributed by atoms with E-state index in [9.17, 15) is 4.79 Å². The summed E-state index contributed by atoms with van der Waals surface area (Å²) >= 11 is 0. The molecule has 0 bridgehead atoms. The summed E-state index contributed by atoms with van der Waals surface area (Å²) in [6, 6.07) is 7.31. The Hall–Kier alpha value is -1.84. The zero-order valence-corrected chi connectivity index (χ0v) is 7.78. The first-order valence-corrected chi connectivity index (χ1v) is 4.45. The number of anilines is 1. The van der Waals surface area contributed by atoms with Crippen molar-refractivity contribution in [2.24, 2.45) is 0 Å². The Bertz CT molecular complexity index is 505. The van der Waals surface area contributed by atoms with Crippen LogP contribution in [0, 0.1) is 0 Å². The van der Waals surface area contributed by atoms with Crippen molar-refractivity contribution in [3.63, 3.8) is 0 Å². The van der Waals surface area contributed by atoms with E-state index in [1.165, 1.54) is 0 Å². The quantitative estimate of drug-likeness (QED) is 0.781. The van der Waals surface area contributed by atoms with Crippen molar-refractivity contribution in [3.05, 3.63) is 34.8 Å². The lowest BCUT2D eigenvalue weighted by Gasteiger charge is -2.03. The van der Waals surface area contributed by atoms with E-state index in [1.807, 2.05) is 25.1 Å². The minimum absolute atomic E-state index is 0.559. The third-order valence-electron chi connectivity index (χ3n) is 1.89. The Labute approximate surface area is 80.6 Å². The molecule has 0 saturated carbocycles. The Balaban J connectivity index is 2.73. The van der Waals surface area contributed by atoms with E-state index in [-0.39, 0.29) is 0 Å². The maximum absolute atomic E-state index is 11.1. The first-order chi connectivity index (χ1) is 6.81. The normalized spacial score (nSPS) is 10.4. The zero-order valence-electron chi connectivity index (χ0n) is 7.78. The smallest absolute Gasteiger partial charge is 0.408 e. The molecule has 2 rings (SSSR count). The number of rotatable bonds is 2. The van der Waals surface area contributed by atoms with Crippen LogP contribution in [-0.4, -0.2) is 11.5 Å². The van der Waals surface area contributed by atoms with Crippen LogP contribution in [0.4, 0.5) is 5.82 Å². The van der Waals surface area contributed by atoms with E-state index in [4.69, 9.17) is 4.42 Å². The first-order valence-electron chi connectivity index (χ1n) is 4.45. The summed E-state index contributed by atoms with van der Waals surface area (Å²) in [5, 5.41) is 3.85. The van der Waals surface area contributed by atoms with Crippen LogP contribution in [0.15, 0.2) is 33.5 Å². The van der Waals surface area contributed by atoms with Crippen LogP contribution < -0.4 is 11.1 Å². The highest BCUT2D eigenvalue weighted by Crippen LogP contribution is 2.18. The fourth-order valence-corrected chi connectivity index (χ4v) is 1.32. The molecule has 0 aliphatic carbocycles. The molecule has 1 aromatic carbocycles. The molecule has 72 valence electrons. The van der Waals surface area contributed by atoms with Gasteiger partial charge in [-0.3, -0.25) is 0 Å². The number of aromatic nitrogens is 1. The average Bonchev–Trinajstić information content (AvgIpc) is 2.18. The molecule has 0 unspecified atom stereocenters. The third-order valence-corrected chi connectivity index (χ3v) is 1.89. The monoisotopic (exact) mass is 190 g/mol. The van der Waals surface area contributed by atoms with Crippen LogP contribution in [0.1, 0.15) is 6.92 Å². The van der Waals surface area contributed by atoms with Gasteiger partial charge in [-0.15, -0.1) is 0 Å².